The Kier molecular flexibility index (Phi) is 8.23. The van der Waals surface area contributed by atoms with E-state index < -0.39 is 12.0 Å². The highest BCUT2D eigenvalue weighted by Crippen LogP contribution is 2.66. The normalized spacial score (nSPS) is 33.6. The molecule has 0 aliphatic heterocycles. The van der Waals surface area contributed by atoms with E-state index in [9.17, 15) is 9.59 Å². The summed E-state index contributed by atoms with van der Waals surface area (Å²) in [5.41, 5.74) is 10.1. The molecule has 0 heterocycles. The maximum absolute atomic E-state index is 12.7. The van der Waals surface area contributed by atoms with E-state index in [1.165, 1.54) is 44.1 Å². The molecule has 0 saturated heterocycles. The largest absolute Gasteiger partial charge is 0.446 e. The smallest absolute Gasteiger partial charge is 0.411 e. The zero-order chi connectivity index (χ0) is 28.7. The monoisotopic (exact) mass is 546 g/mol. The molecule has 0 spiro atoms. The number of nitrogens with two attached hydrogens (primary N) is 1. The van der Waals surface area contributed by atoms with Crippen LogP contribution in [-0.4, -0.2) is 18.1 Å². The van der Waals surface area contributed by atoms with Crippen LogP contribution in [0, 0.1) is 40.4 Å². The van der Waals surface area contributed by atoms with Gasteiger partial charge < -0.3 is 10.5 Å². The fraction of sp³-hybridized carbons (Fsp3) is 0.657. The first-order valence-electron chi connectivity index (χ1n) is 15.8. The van der Waals surface area contributed by atoms with Gasteiger partial charge in [0.15, 0.2) is 0 Å². The second-order valence-corrected chi connectivity index (χ2v) is 14.2. The molecule has 1 aromatic rings. The van der Waals surface area contributed by atoms with Crippen molar-refractivity contribution in [3.63, 3.8) is 0 Å². The first kappa shape index (κ1) is 29.0. The first-order valence-corrected chi connectivity index (χ1v) is 15.8. The van der Waals surface area contributed by atoms with Crippen LogP contribution in [0.2, 0.25) is 0 Å². The SMILES string of the molecule is CC(C)CCCC(C)C1=CCC2C3CC=C4CC(OC(=O)Nc5cccc(C(N)=O)c5)CCC4(C)C3CCC12C. The van der Waals surface area contributed by atoms with Crippen molar-refractivity contribution in [1.29, 1.82) is 0 Å². The lowest BCUT2D eigenvalue weighted by Gasteiger charge is -2.58. The molecular formula is C35H50N2O3. The van der Waals surface area contributed by atoms with E-state index in [1.54, 1.807) is 29.8 Å². The van der Waals surface area contributed by atoms with Crippen molar-refractivity contribution in [1.82, 2.24) is 0 Å². The van der Waals surface area contributed by atoms with Crippen molar-refractivity contribution in [2.45, 2.75) is 105 Å². The molecule has 0 aromatic heterocycles. The van der Waals surface area contributed by atoms with Crippen molar-refractivity contribution >= 4 is 17.7 Å². The average Bonchev–Trinajstić information content (AvgIpc) is 3.26. The molecule has 7 unspecified atom stereocenters. The van der Waals surface area contributed by atoms with Gasteiger partial charge in [0.25, 0.3) is 0 Å². The maximum atomic E-state index is 12.7. The molecule has 0 radical (unpaired) electrons. The Morgan fingerprint density at radius 3 is 2.55 bits per heavy atom. The van der Waals surface area contributed by atoms with Crippen molar-refractivity contribution in [2.75, 3.05) is 5.32 Å². The highest BCUT2D eigenvalue weighted by molar-refractivity contribution is 5.95. The van der Waals surface area contributed by atoms with Crippen LogP contribution in [0.3, 0.4) is 0 Å². The Hall–Kier alpha value is -2.56. The number of carbonyl (C=O) groups excluding carboxylic acids is 2. The number of ether oxygens (including phenoxy) is 1. The van der Waals surface area contributed by atoms with Gasteiger partial charge in [0.05, 0.1) is 0 Å². The summed E-state index contributed by atoms with van der Waals surface area (Å²) in [6, 6.07) is 6.66. The standard InChI is InChI=1S/C35H50N2O3/c1-22(2)8-6-9-23(3)29-14-15-30-28-13-12-25-21-27(16-18-34(25,4)31(28)17-19-35(29,30)5)40-33(39)37-26-11-7-10-24(20-26)32(36)38/h7,10-12,14,20,22-23,27-28,30-31H,6,8-9,13,15-19,21H2,1-5H3,(H2,36,38)(H,37,39). The lowest BCUT2D eigenvalue weighted by molar-refractivity contribution is -0.0326. The van der Waals surface area contributed by atoms with Gasteiger partial charge in [0.2, 0.25) is 5.91 Å². The highest BCUT2D eigenvalue weighted by Gasteiger charge is 2.57. The molecule has 5 rings (SSSR count). The fourth-order valence-electron chi connectivity index (χ4n) is 9.13. The average molecular weight is 547 g/mol. The van der Waals surface area contributed by atoms with Crippen molar-refractivity contribution in [2.24, 2.45) is 46.2 Å². The number of hydrogen-bond acceptors (Lipinski definition) is 3. The topological polar surface area (TPSA) is 81.4 Å². The van der Waals surface area contributed by atoms with E-state index in [-0.39, 0.29) is 11.5 Å². The predicted octanol–water partition coefficient (Wildman–Crippen LogP) is 8.66. The Balaban J connectivity index is 1.21. The lowest BCUT2D eigenvalue weighted by atomic mass is 9.47. The lowest BCUT2D eigenvalue weighted by Crippen LogP contribution is -2.50. The minimum absolute atomic E-state index is 0.115. The molecule has 2 amide bonds. The molecule has 3 N–H and O–H groups in total. The number of fused-ring (bicyclic) bond motifs is 5. The molecule has 40 heavy (non-hydrogen) atoms. The van der Waals surface area contributed by atoms with Crippen LogP contribution in [0.1, 0.15) is 109 Å². The van der Waals surface area contributed by atoms with E-state index in [2.05, 4.69) is 52.1 Å². The molecule has 1 aromatic carbocycles. The minimum atomic E-state index is -0.519. The van der Waals surface area contributed by atoms with Gasteiger partial charge in [-0.2, -0.15) is 0 Å². The molecule has 2 saturated carbocycles. The summed E-state index contributed by atoms with van der Waals surface area (Å²) in [6.07, 6.45) is 16.4. The molecular weight excluding hydrogens is 496 g/mol. The quantitative estimate of drug-likeness (QED) is 0.320. The zero-order valence-electron chi connectivity index (χ0n) is 25.3. The highest BCUT2D eigenvalue weighted by atomic mass is 16.6. The fourth-order valence-corrected chi connectivity index (χ4v) is 9.13. The van der Waals surface area contributed by atoms with Crippen LogP contribution in [0.25, 0.3) is 0 Å². The summed E-state index contributed by atoms with van der Waals surface area (Å²) in [7, 11) is 0. The van der Waals surface area contributed by atoms with Gasteiger partial charge in [0, 0.05) is 17.7 Å². The zero-order valence-corrected chi connectivity index (χ0v) is 25.3. The van der Waals surface area contributed by atoms with Crippen molar-refractivity contribution in [3.8, 4) is 0 Å². The van der Waals surface area contributed by atoms with E-state index >= 15 is 0 Å². The molecule has 4 aliphatic rings. The van der Waals surface area contributed by atoms with E-state index in [0.29, 0.717) is 22.6 Å². The van der Waals surface area contributed by atoms with Gasteiger partial charge >= 0.3 is 6.09 Å². The molecule has 0 bridgehead atoms. The van der Waals surface area contributed by atoms with Crippen molar-refractivity contribution < 1.29 is 14.3 Å². The number of amides is 2. The maximum Gasteiger partial charge on any atom is 0.411 e. The third kappa shape index (κ3) is 5.50. The molecule has 218 valence electrons. The number of primary amides is 1. The molecule has 2 fully saturated rings. The van der Waals surface area contributed by atoms with Gasteiger partial charge in [-0.25, -0.2) is 4.79 Å². The first-order chi connectivity index (χ1) is 19.0. The van der Waals surface area contributed by atoms with E-state index in [1.807, 2.05) is 0 Å². The van der Waals surface area contributed by atoms with E-state index in [4.69, 9.17) is 10.5 Å². The van der Waals surface area contributed by atoms with Crippen LogP contribution in [0.15, 0.2) is 47.6 Å². The Bertz CT molecular complexity index is 1180. The van der Waals surface area contributed by atoms with Crippen LogP contribution in [0.4, 0.5) is 10.5 Å². The van der Waals surface area contributed by atoms with Gasteiger partial charge in [-0.3, -0.25) is 10.1 Å². The van der Waals surface area contributed by atoms with Gasteiger partial charge in [-0.05, 0) is 104 Å². The van der Waals surface area contributed by atoms with Crippen molar-refractivity contribution in [3.05, 3.63) is 53.1 Å². The Morgan fingerprint density at radius 1 is 1.02 bits per heavy atom. The third-order valence-electron chi connectivity index (χ3n) is 11.3. The second kappa shape index (κ2) is 11.4. The summed E-state index contributed by atoms with van der Waals surface area (Å²) in [4.78, 5) is 24.2. The summed E-state index contributed by atoms with van der Waals surface area (Å²) in [6.45, 7) is 12.3. The second-order valence-electron chi connectivity index (χ2n) is 14.2. The van der Waals surface area contributed by atoms with Gasteiger partial charge in [-0.1, -0.05) is 76.8 Å². The van der Waals surface area contributed by atoms with Crippen LogP contribution in [0.5, 0.6) is 0 Å². The number of anilines is 1. The van der Waals surface area contributed by atoms with Crippen LogP contribution < -0.4 is 11.1 Å². The molecule has 4 aliphatic carbocycles. The number of carbonyl (C=O) groups is 2. The summed E-state index contributed by atoms with van der Waals surface area (Å²) in [5.74, 6) is 3.22. The van der Waals surface area contributed by atoms with Gasteiger partial charge in [0.1, 0.15) is 6.10 Å². The van der Waals surface area contributed by atoms with Crippen LogP contribution in [-0.2, 0) is 4.74 Å². The number of nitrogens with one attached hydrogen (secondary N) is 1. The number of allylic oxidation sites excluding steroid dienone is 3. The van der Waals surface area contributed by atoms with Crippen LogP contribution >= 0.6 is 0 Å². The Labute approximate surface area is 241 Å². The van der Waals surface area contributed by atoms with Gasteiger partial charge in [-0.15, -0.1) is 0 Å². The summed E-state index contributed by atoms with van der Waals surface area (Å²) < 4.78 is 5.88. The minimum Gasteiger partial charge on any atom is -0.446 e. The third-order valence-corrected chi connectivity index (χ3v) is 11.3. The number of rotatable bonds is 8. The predicted molar refractivity (Wildman–Crippen MR) is 162 cm³/mol. The Morgan fingerprint density at radius 2 is 1.80 bits per heavy atom. The molecule has 5 heteroatoms. The number of benzene rings is 1. The number of hydrogen-bond donors (Lipinski definition) is 2. The molecule has 7 atom stereocenters. The molecule has 5 nitrogen and oxygen atoms in total. The van der Waals surface area contributed by atoms with E-state index in [0.717, 1.165) is 49.4 Å². The summed E-state index contributed by atoms with van der Waals surface area (Å²) >= 11 is 0. The summed E-state index contributed by atoms with van der Waals surface area (Å²) in [5, 5.41) is 2.78.